The van der Waals surface area contributed by atoms with Crippen LogP contribution < -0.4 is 0 Å². The number of amides is 2. The minimum Gasteiger partial charge on any atom is -0.449 e. The Labute approximate surface area is 264 Å². The summed E-state index contributed by atoms with van der Waals surface area (Å²) >= 11 is 0. The first-order valence-corrected chi connectivity index (χ1v) is 16.6. The lowest BCUT2D eigenvalue weighted by atomic mass is 9.88. The van der Waals surface area contributed by atoms with Crippen LogP contribution >= 0.6 is 0 Å². The third-order valence-corrected chi connectivity index (χ3v) is 9.65. The SMILES string of the molecule is CCCN(C(=O)OCCCc1ccccc1)C1CCN(C[C@H]2CC(N(C)C(=O)c3ccccc3)CC2c2ccccc2)CC1. The van der Waals surface area contributed by atoms with Crippen molar-refractivity contribution in [1.29, 1.82) is 0 Å². The number of carbonyl (C=O) groups is 2. The molecule has 6 nitrogen and oxygen atoms in total. The lowest BCUT2D eigenvalue weighted by molar-refractivity contribution is 0.0605. The van der Waals surface area contributed by atoms with Gasteiger partial charge in [-0.25, -0.2) is 4.79 Å². The fourth-order valence-electron chi connectivity index (χ4n) is 7.24. The fraction of sp³-hybridized carbons (Fsp3) is 0.474. The van der Waals surface area contributed by atoms with Crippen molar-refractivity contribution in [2.45, 2.75) is 69.9 Å². The second-order valence-electron chi connectivity index (χ2n) is 12.6. The molecule has 0 spiro atoms. The number of likely N-dealkylation sites (tertiary alicyclic amines) is 1. The van der Waals surface area contributed by atoms with Crippen LogP contribution in [-0.2, 0) is 11.2 Å². The molecule has 2 unspecified atom stereocenters. The van der Waals surface area contributed by atoms with E-state index in [0.717, 1.165) is 76.7 Å². The van der Waals surface area contributed by atoms with E-state index in [-0.39, 0.29) is 24.1 Å². The van der Waals surface area contributed by atoms with Crippen molar-refractivity contribution < 1.29 is 14.3 Å². The van der Waals surface area contributed by atoms with Crippen LogP contribution in [0.3, 0.4) is 0 Å². The maximum absolute atomic E-state index is 13.3. The van der Waals surface area contributed by atoms with Gasteiger partial charge in [0.1, 0.15) is 0 Å². The summed E-state index contributed by atoms with van der Waals surface area (Å²) in [5.74, 6) is 1.01. The van der Waals surface area contributed by atoms with Gasteiger partial charge in [-0.3, -0.25) is 4.79 Å². The van der Waals surface area contributed by atoms with Gasteiger partial charge in [-0.05, 0) is 80.0 Å². The van der Waals surface area contributed by atoms with Gasteiger partial charge in [0, 0.05) is 50.9 Å². The first-order valence-electron chi connectivity index (χ1n) is 16.6. The third kappa shape index (κ3) is 8.29. The van der Waals surface area contributed by atoms with Crippen molar-refractivity contribution in [3.8, 4) is 0 Å². The number of hydrogen-bond donors (Lipinski definition) is 0. The minimum absolute atomic E-state index is 0.104. The van der Waals surface area contributed by atoms with Gasteiger partial charge < -0.3 is 19.4 Å². The normalized spacial score (nSPS) is 20.7. The highest BCUT2D eigenvalue weighted by Crippen LogP contribution is 2.42. The highest BCUT2D eigenvalue weighted by Gasteiger charge is 2.40. The van der Waals surface area contributed by atoms with Crippen molar-refractivity contribution in [3.05, 3.63) is 108 Å². The molecule has 3 aromatic carbocycles. The Balaban J connectivity index is 1.15. The van der Waals surface area contributed by atoms with Gasteiger partial charge in [-0.1, -0.05) is 85.8 Å². The van der Waals surface area contributed by atoms with Crippen LogP contribution in [0.15, 0.2) is 91.0 Å². The van der Waals surface area contributed by atoms with Crippen LogP contribution in [0.1, 0.15) is 72.9 Å². The van der Waals surface area contributed by atoms with Gasteiger partial charge in [-0.2, -0.15) is 0 Å². The van der Waals surface area contributed by atoms with E-state index in [0.29, 0.717) is 18.4 Å². The smallest absolute Gasteiger partial charge is 0.410 e. The van der Waals surface area contributed by atoms with Gasteiger partial charge in [0.25, 0.3) is 5.91 Å². The number of hydrogen-bond acceptors (Lipinski definition) is 4. The highest BCUT2D eigenvalue weighted by atomic mass is 16.6. The Hall–Kier alpha value is -3.64. The Morgan fingerprint density at radius 3 is 2.14 bits per heavy atom. The molecular formula is C38H49N3O3. The van der Waals surface area contributed by atoms with Gasteiger partial charge in [0.15, 0.2) is 0 Å². The molecule has 0 N–H and O–H groups in total. The van der Waals surface area contributed by atoms with Crippen LogP contribution in [-0.4, -0.2) is 78.6 Å². The molecule has 1 aliphatic carbocycles. The minimum atomic E-state index is -0.160. The number of carbonyl (C=O) groups excluding carboxylic acids is 2. The highest BCUT2D eigenvalue weighted by molar-refractivity contribution is 5.94. The largest absolute Gasteiger partial charge is 0.449 e. The summed E-state index contributed by atoms with van der Waals surface area (Å²) in [4.78, 5) is 33.0. The average molecular weight is 596 g/mol. The Kier molecular flexibility index (Phi) is 11.5. The van der Waals surface area contributed by atoms with E-state index in [1.165, 1.54) is 11.1 Å². The van der Waals surface area contributed by atoms with Crippen LogP contribution in [0.5, 0.6) is 0 Å². The summed E-state index contributed by atoms with van der Waals surface area (Å²) in [6, 6.07) is 31.3. The summed E-state index contributed by atoms with van der Waals surface area (Å²) in [5.41, 5.74) is 3.40. The van der Waals surface area contributed by atoms with E-state index < -0.39 is 0 Å². The van der Waals surface area contributed by atoms with Crippen LogP contribution in [0.25, 0.3) is 0 Å². The molecule has 5 rings (SSSR count). The summed E-state index contributed by atoms with van der Waals surface area (Å²) in [7, 11) is 1.97. The second kappa shape index (κ2) is 15.9. The molecule has 0 bridgehead atoms. The average Bonchev–Trinajstić information content (AvgIpc) is 3.50. The quantitative estimate of drug-likeness (QED) is 0.207. The molecule has 234 valence electrons. The van der Waals surface area contributed by atoms with Crippen molar-refractivity contribution in [1.82, 2.24) is 14.7 Å². The Morgan fingerprint density at radius 1 is 0.841 bits per heavy atom. The summed E-state index contributed by atoms with van der Waals surface area (Å²) in [6.45, 7) is 6.31. The van der Waals surface area contributed by atoms with Crippen molar-refractivity contribution in [2.24, 2.45) is 5.92 Å². The van der Waals surface area contributed by atoms with Crippen molar-refractivity contribution in [2.75, 3.05) is 39.8 Å². The zero-order chi connectivity index (χ0) is 30.7. The summed E-state index contributed by atoms with van der Waals surface area (Å²) in [5, 5.41) is 0. The molecule has 2 fully saturated rings. The molecule has 44 heavy (non-hydrogen) atoms. The lowest BCUT2D eigenvalue weighted by Crippen LogP contribution is -2.48. The number of nitrogens with zero attached hydrogens (tertiary/aromatic N) is 3. The van der Waals surface area contributed by atoms with E-state index >= 15 is 0 Å². The molecule has 3 aromatic rings. The Morgan fingerprint density at radius 2 is 1.48 bits per heavy atom. The molecule has 2 aliphatic rings. The zero-order valence-corrected chi connectivity index (χ0v) is 26.5. The molecule has 1 saturated carbocycles. The van der Waals surface area contributed by atoms with Gasteiger partial charge >= 0.3 is 6.09 Å². The standard InChI is InChI=1S/C38H49N3O3/c1-3-23-41(38(43)44-26-13-16-30-14-7-4-8-15-30)34-21-24-40(25-22-34)29-33-27-35(28-36(33)31-17-9-5-10-18-31)39(2)37(42)32-19-11-6-12-20-32/h4-12,14-15,17-20,33-36H,3,13,16,21-29H2,1-2H3/t33-,35?,36?/m1/s1. The molecule has 3 atom stereocenters. The zero-order valence-electron chi connectivity index (χ0n) is 26.5. The number of benzene rings is 3. The van der Waals surface area contributed by atoms with E-state index in [2.05, 4.69) is 66.4 Å². The van der Waals surface area contributed by atoms with Gasteiger partial charge in [0.05, 0.1) is 6.61 Å². The van der Waals surface area contributed by atoms with E-state index in [1.54, 1.807) is 0 Å². The molecule has 2 amide bonds. The fourth-order valence-corrected chi connectivity index (χ4v) is 7.24. The molecular weight excluding hydrogens is 546 g/mol. The first-order chi connectivity index (χ1) is 21.5. The topological polar surface area (TPSA) is 53.1 Å². The second-order valence-corrected chi connectivity index (χ2v) is 12.6. The third-order valence-electron chi connectivity index (χ3n) is 9.65. The van der Waals surface area contributed by atoms with Crippen LogP contribution in [0.4, 0.5) is 4.79 Å². The van der Waals surface area contributed by atoms with Crippen LogP contribution in [0.2, 0.25) is 0 Å². The maximum atomic E-state index is 13.3. The molecule has 0 aromatic heterocycles. The number of rotatable bonds is 12. The number of aryl methyl sites for hydroxylation is 1. The summed E-state index contributed by atoms with van der Waals surface area (Å²) in [6.07, 6.45) is 6.46. The van der Waals surface area contributed by atoms with E-state index in [1.807, 2.05) is 53.2 Å². The number of piperidine rings is 1. The van der Waals surface area contributed by atoms with E-state index in [4.69, 9.17) is 4.74 Å². The van der Waals surface area contributed by atoms with Crippen molar-refractivity contribution >= 4 is 12.0 Å². The van der Waals surface area contributed by atoms with Crippen LogP contribution in [0, 0.1) is 5.92 Å². The predicted molar refractivity (Wildman–Crippen MR) is 177 cm³/mol. The number of ether oxygens (including phenoxy) is 1. The molecule has 6 heteroatoms. The van der Waals surface area contributed by atoms with Gasteiger partial charge in [0.2, 0.25) is 0 Å². The molecule has 0 radical (unpaired) electrons. The Bertz CT molecular complexity index is 1290. The molecule has 1 aliphatic heterocycles. The molecule has 1 heterocycles. The molecule has 1 saturated heterocycles. The first kappa shape index (κ1) is 31.8. The monoisotopic (exact) mass is 595 g/mol. The summed E-state index contributed by atoms with van der Waals surface area (Å²) < 4.78 is 5.76. The lowest BCUT2D eigenvalue weighted by Gasteiger charge is -2.39. The van der Waals surface area contributed by atoms with Crippen molar-refractivity contribution in [3.63, 3.8) is 0 Å². The predicted octanol–water partition coefficient (Wildman–Crippen LogP) is 7.27. The van der Waals surface area contributed by atoms with Gasteiger partial charge in [-0.15, -0.1) is 0 Å². The van der Waals surface area contributed by atoms with E-state index in [9.17, 15) is 9.59 Å². The maximum Gasteiger partial charge on any atom is 0.410 e.